The number of methoxy groups -OCH3 is 1. The second-order valence-corrected chi connectivity index (χ2v) is 8.91. The van der Waals surface area contributed by atoms with Crippen molar-refractivity contribution in [3.05, 3.63) is 82.4 Å². The fraction of sp³-hybridized carbons (Fsp3) is 0.259. The standard InChI is InChI=1S/C27H24ClNO5/c1-33-22-14-17(11-12-21(22)28)25(30)23-24(20-10-4-7-16-6-2-3-9-19(16)20)29(27(32)26(23)31)15-18-8-5-13-34-18/h2-4,6-7,9-12,14,18,24,30H,5,8,13,15H2,1H3/b25-23-. The summed E-state index contributed by atoms with van der Waals surface area (Å²) >= 11 is 6.15. The first-order chi connectivity index (χ1) is 16.5. The van der Waals surface area contributed by atoms with Crippen LogP contribution in [0.2, 0.25) is 5.02 Å². The Bertz CT molecular complexity index is 1310. The number of rotatable bonds is 5. The summed E-state index contributed by atoms with van der Waals surface area (Å²) < 4.78 is 11.1. The van der Waals surface area contributed by atoms with Crippen molar-refractivity contribution in [2.45, 2.75) is 25.0 Å². The summed E-state index contributed by atoms with van der Waals surface area (Å²) in [5.41, 5.74) is 1.17. The van der Waals surface area contributed by atoms with Crippen LogP contribution >= 0.6 is 11.6 Å². The number of benzene rings is 3. The van der Waals surface area contributed by atoms with E-state index >= 15 is 0 Å². The zero-order valence-electron chi connectivity index (χ0n) is 18.7. The van der Waals surface area contributed by atoms with Gasteiger partial charge in [0.2, 0.25) is 0 Å². The number of carbonyl (C=O) groups excluding carboxylic acids is 2. The Balaban J connectivity index is 1.71. The highest BCUT2D eigenvalue weighted by Gasteiger charge is 2.47. The lowest BCUT2D eigenvalue weighted by atomic mass is 9.91. The van der Waals surface area contributed by atoms with Gasteiger partial charge in [-0.15, -0.1) is 0 Å². The third kappa shape index (κ3) is 3.83. The number of likely N-dealkylation sites (tertiary alicyclic amines) is 1. The van der Waals surface area contributed by atoms with Crippen LogP contribution in [0.4, 0.5) is 0 Å². The molecule has 2 fully saturated rings. The first-order valence-corrected chi connectivity index (χ1v) is 11.6. The van der Waals surface area contributed by atoms with Crippen LogP contribution in [0.15, 0.2) is 66.2 Å². The van der Waals surface area contributed by atoms with Crippen molar-refractivity contribution in [2.75, 3.05) is 20.3 Å². The second kappa shape index (κ2) is 9.12. The molecule has 2 atom stereocenters. The first-order valence-electron chi connectivity index (χ1n) is 11.2. The van der Waals surface area contributed by atoms with Crippen LogP contribution in [0.5, 0.6) is 5.75 Å². The highest BCUT2D eigenvalue weighted by molar-refractivity contribution is 6.46. The lowest BCUT2D eigenvalue weighted by Crippen LogP contribution is -2.36. The molecule has 2 heterocycles. The van der Waals surface area contributed by atoms with Crippen molar-refractivity contribution >= 4 is 39.8 Å². The van der Waals surface area contributed by atoms with E-state index < -0.39 is 17.7 Å². The van der Waals surface area contributed by atoms with E-state index in [0.29, 0.717) is 22.9 Å². The zero-order chi connectivity index (χ0) is 23.8. The van der Waals surface area contributed by atoms with Gasteiger partial charge in [-0.2, -0.15) is 0 Å². The molecule has 174 valence electrons. The average molecular weight is 478 g/mol. The van der Waals surface area contributed by atoms with Crippen LogP contribution in [0.1, 0.15) is 30.0 Å². The van der Waals surface area contributed by atoms with Crippen molar-refractivity contribution in [2.24, 2.45) is 0 Å². The fourth-order valence-corrected chi connectivity index (χ4v) is 5.05. The predicted octanol–water partition coefficient (Wildman–Crippen LogP) is 5.10. The lowest BCUT2D eigenvalue weighted by molar-refractivity contribution is -0.140. The van der Waals surface area contributed by atoms with Crippen molar-refractivity contribution < 1.29 is 24.2 Å². The molecule has 0 aromatic heterocycles. The van der Waals surface area contributed by atoms with Gasteiger partial charge in [0.1, 0.15) is 11.5 Å². The number of hydrogen-bond acceptors (Lipinski definition) is 5. The largest absolute Gasteiger partial charge is 0.507 e. The maximum absolute atomic E-state index is 13.3. The van der Waals surface area contributed by atoms with Crippen LogP contribution in [0, 0.1) is 0 Å². The molecule has 7 heteroatoms. The molecule has 2 saturated heterocycles. The molecule has 5 rings (SSSR count). The summed E-state index contributed by atoms with van der Waals surface area (Å²) in [4.78, 5) is 28.1. The Kier molecular flexibility index (Phi) is 6.02. The topological polar surface area (TPSA) is 76.1 Å². The number of fused-ring (bicyclic) bond motifs is 1. The molecule has 6 nitrogen and oxygen atoms in total. The van der Waals surface area contributed by atoms with E-state index in [0.717, 1.165) is 29.2 Å². The molecule has 2 unspecified atom stereocenters. The molecule has 0 aliphatic carbocycles. The molecule has 0 saturated carbocycles. The molecule has 1 N–H and O–H groups in total. The summed E-state index contributed by atoms with van der Waals surface area (Å²) in [5, 5.41) is 13.6. The highest BCUT2D eigenvalue weighted by atomic mass is 35.5. The SMILES string of the molecule is COc1cc(/C(O)=C2/C(=O)C(=O)N(CC3CCCO3)C2c2cccc3ccccc23)ccc1Cl. The Morgan fingerprint density at radius 2 is 1.94 bits per heavy atom. The fourth-order valence-electron chi connectivity index (χ4n) is 4.85. The minimum absolute atomic E-state index is 0.0451. The molecule has 0 bridgehead atoms. The number of ether oxygens (including phenoxy) is 2. The lowest BCUT2D eigenvalue weighted by Gasteiger charge is -2.28. The average Bonchev–Trinajstić information content (AvgIpc) is 3.46. The normalized spacial score (nSPS) is 22.0. The number of aliphatic hydroxyl groups excluding tert-OH is 1. The quantitative estimate of drug-likeness (QED) is 0.314. The third-order valence-corrected chi connectivity index (χ3v) is 6.82. The van der Waals surface area contributed by atoms with Gasteiger partial charge in [-0.1, -0.05) is 54.1 Å². The Morgan fingerprint density at radius 3 is 2.71 bits per heavy atom. The van der Waals surface area contributed by atoms with Crippen LogP contribution in [0.25, 0.3) is 16.5 Å². The number of amides is 1. The number of nitrogens with zero attached hydrogens (tertiary/aromatic N) is 1. The summed E-state index contributed by atoms with van der Waals surface area (Å²) in [7, 11) is 1.47. The molecule has 3 aromatic carbocycles. The van der Waals surface area contributed by atoms with E-state index in [1.165, 1.54) is 7.11 Å². The molecular formula is C27H24ClNO5. The van der Waals surface area contributed by atoms with Crippen LogP contribution < -0.4 is 4.74 Å². The maximum Gasteiger partial charge on any atom is 0.295 e. The van der Waals surface area contributed by atoms with E-state index in [-0.39, 0.29) is 24.0 Å². The number of halogens is 1. The number of Topliss-reactive ketones (excluding diaryl/α,β-unsaturated/α-hetero) is 1. The number of hydrogen-bond donors (Lipinski definition) is 1. The van der Waals surface area contributed by atoms with Crippen LogP contribution in [-0.2, 0) is 14.3 Å². The Hall–Kier alpha value is -3.35. The predicted molar refractivity (Wildman–Crippen MR) is 130 cm³/mol. The van der Waals surface area contributed by atoms with Crippen molar-refractivity contribution in [1.82, 2.24) is 4.90 Å². The van der Waals surface area contributed by atoms with Gasteiger partial charge in [0.15, 0.2) is 0 Å². The Labute approximate surface area is 202 Å². The van der Waals surface area contributed by atoms with Gasteiger partial charge in [-0.3, -0.25) is 9.59 Å². The molecule has 2 aliphatic rings. The molecule has 0 spiro atoms. The molecule has 0 radical (unpaired) electrons. The minimum Gasteiger partial charge on any atom is -0.507 e. The highest BCUT2D eigenvalue weighted by Crippen LogP contribution is 2.43. The molecule has 1 amide bonds. The van der Waals surface area contributed by atoms with Gasteiger partial charge in [0.25, 0.3) is 11.7 Å². The van der Waals surface area contributed by atoms with Gasteiger partial charge in [0, 0.05) is 18.7 Å². The second-order valence-electron chi connectivity index (χ2n) is 8.50. The van der Waals surface area contributed by atoms with E-state index in [2.05, 4.69) is 0 Å². The van der Waals surface area contributed by atoms with Gasteiger partial charge < -0.3 is 19.5 Å². The first kappa shape index (κ1) is 22.4. The molecule has 2 aliphatic heterocycles. The van der Waals surface area contributed by atoms with Gasteiger partial charge in [0.05, 0.1) is 29.9 Å². The summed E-state index contributed by atoms with van der Waals surface area (Å²) in [5.74, 6) is -1.26. The minimum atomic E-state index is -0.753. The summed E-state index contributed by atoms with van der Waals surface area (Å²) in [6, 6.07) is 17.6. The smallest absolute Gasteiger partial charge is 0.295 e. The Morgan fingerprint density at radius 1 is 1.15 bits per heavy atom. The van der Waals surface area contributed by atoms with E-state index in [1.54, 1.807) is 23.1 Å². The molecule has 34 heavy (non-hydrogen) atoms. The zero-order valence-corrected chi connectivity index (χ0v) is 19.4. The molecular weight excluding hydrogens is 454 g/mol. The van der Waals surface area contributed by atoms with Gasteiger partial charge in [-0.25, -0.2) is 0 Å². The third-order valence-electron chi connectivity index (χ3n) is 6.51. The van der Waals surface area contributed by atoms with Crippen molar-refractivity contribution in [3.8, 4) is 5.75 Å². The number of carbonyl (C=O) groups is 2. The van der Waals surface area contributed by atoms with Crippen LogP contribution in [0.3, 0.4) is 0 Å². The molecule has 3 aromatic rings. The van der Waals surface area contributed by atoms with Gasteiger partial charge in [-0.05, 0) is 47.4 Å². The maximum atomic E-state index is 13.3. The number of aliphatic hydroxyl groups is 1. The monoisotopic (exact) mass is 477 g/mol. The summed E-state index contributed by atoms with van der Waals surface area (Å²) in [6.07, 6.45) is 1.59. The van der Waals surface area contributed by atoms with E-state index in [9.17, 15) is 14.7 Å². The van der Waals surface area contributed by atoms with Crippen LogP contribution in [-0.4, -0.2) is 48.1 Å². The van der Waals surface area contributed by atoms with Crippen molar-refractivity contribution in [1.29, 1.82) is 0 Å². The summed E-state index contributed by atoms with van der Waals surface area (Å²) in [6.45, 7) is 0.914. The van der Waals surface area contributed by atoms with Gasteiger partial charge >= 0.3 is 0 Å². The van der Waals surface area contributed by atoms with E-state index in [1.807, 2.05) is 42.5 Å². The van der Waals surface area contributed by atoms with E-state index in [4.69, 9.17) is 21.1 Å². The number of ketones is 1. The van der Waals surface area contributed by atoms with Crippen molar-refractivity contribution in [3.63, 3.8) is 0 Å².